The zero-order valence-corrected chi connectivity index (χ0v) is 11.4. The van der Waals surface area contributed by atoms with Crippen molar-refractivity contribution in [1.29, 1.82) is 0 Å². The van der Waals surface area contributed by atoms with E-state index in [1.54, 1.807) is 0 Å². The van der Waals surface area contributed by atoms with Gasteiger partial charge in [0.1, 0.15) is 18.0 Å². The zero-order valence-electron chi connectivity index (χ0n) is 11.4. The fraction of sp³-hybridized carbons (Fsp3) is 0.533. The third kappa shape index (κ3) is 2.32. The molecule has 1 saturated heterocycles. The predicted octanol–water partition coefficient (Wildman–Crippen LogP) is 2.29. The van der Waals surface area contributed by atoms with Crippen molar-refractivity contribution >= 4 is 11.6 Å². The van der Waals surface area contributed by atoms with Crippen molar-refractivity contribution in [2.45, 2.75) is 38.9 Å². The van der Waals surface area contributed by atoms with Crippen LogP contribution >= 0.6 is 0 Å². The number of ether oxygens (including phenoxy) is 2. The molecule has 3 rings (SSSR count). The van der Waals surface area contributed by atoms with Gasteiger partial charge in [0.15, 0.2) is 0 Å². The van der Waals surface area contributed by atoms with E-state index < -0.39 is 0 Å². The Bertz CT molecular complexity index is 494. The highest BCUT2D eigenvalue weighted by atomic mass is 16.5. The molecule has 0 aromatic heterocycles. The van der Waals surface area contributed by atoms with E-state index >= 15 is 0 Å². The Labute approximate surface area is 113 Å². The van der Waals surface area contributed by atoms with Crippen molar-refractivity contribution in [3.05, 3.63) is 23.8 Å². The standard InChI is InChI=1S/C15H19NO3/c1-10-5-6-12-14(8-10)19-11(2)9-16(12)15(17)13-4-3-7-18-13/h5-6,8,11,13H,3-4,7,9H2,1-2H3/t11-,13-/m1/s1. The van der Waals surface area contributed by atoms with E-state index in [0.29, 0.717) is 13.2 Å². The van der Waals surface area contributed by atoms with E-state index in [9.17, 15) is 4.79 Å². The number of anilines is 1. The number of hydrogen-bond acceptors (Lipinski definition) is 3. The van der Waals surface area contributed by atoms with Crippen LogP contribution in [0.3, 0.4) is 0 Å². The molecule has 102 valence electrons. The average molecular weight is 261 g/mol. The average Bonchev–Trinajstić information content (AvgIpc) is 2.90. The predicted molar refractivity (Wildman–Crippen MR) is 72.6 cm³/mol. The van der Waals surface area contributed by atoms with Gasteiger partial charge in [0.2, 0.25) is 0 Å². The van der Waals surface area contributed by atoms with Crippen LogP contribution in [0.25, 0.3) is 0 Å². The first-order valence-electron chi connectivity index (χ1n) is 6.85. The Morgan fingerprint density at radius 1 is 1.42 bits per heavy atom. The van der Waals surface area contributed by atoms with E-state index in [2.05, 4.69) is 0 Å². The molecule has 1 aromatic rings. The molecule has 0 spiro atoms. The van der Waals surface area contributed by atoms with Gasteiger partial charge in [-0.1, -0.05) is 6.07 Å². The topological polar surface area (TPSA) is 38.8 Å². The monoisotopic (exact) mass is 261 g/mol. The van der Waals surface area contributed by atoms with Gasteiger partial charge in [0, 0.05) is 6.61 Å². The summed E-state index contributed by atoms with van der Waals surface area (Å²) in [5.74, 6) is 0.864. The lowest BCUT2D eigenvalue weighted by Crippen LogP contribution is -2.46. The number of aryl methyl sites for hydroxylation is 1. The highest BCUT2D eigenvalue weighted by molar-refractivity contribution is 5.98. The van der Waals surface area contributed by atoms with Crippen LogP contribution in [0.5, 0.6) is 5.75 Å². The Morgan fingerprint density at radius 3 is 3.00 bits per heavy atom. The lowest BCUT2D eigenvalue weighted by Gasteiger charge is -2.34. The first kappa shape index (κ1) is 12.5. The third-order valence-electron chi connectivity index (χ3n) is 3.65. The molecule has 0 radical (unpaired) electrons. The molecule has 1 aromatic carbocycles. The summed E-state index contributed by atoms with van der Waals surface area (Å²) < 4.78 is 11.3. The summed E-state index contributed by atoms with van der Waals surface area (Å²) in [7, 11) is 0. The van der Waals surface area contributed by atoms with Gasteiger partial charge in [-0.05, 0) is 44.4 Å². The number of amides is 1. The maximum absolute atomic E-state index is 12.5. The van der Waals surface area contributed by atoms with E-state index in [1.165, 1.54) is 0 Å². The fourth-order valence-electron chi connectivity index (χ4n) is 2.70. The number of hydrogen-bond donors (Lipinski definition) is 0. The zero-order chi connectivity index (χ0) is 13.4. The van der Waals surface area contributed by atoms with Crippen LogP contribution in [0.15, 0.2) is 18.2 Å². The molecule has 0 unspecified atom stereocenters. The lowest BCUT2D eigenvalue weighted by atomic mass is 10.1. The minimum atomic E-state index is -0.278. The van der Waals surface area contributed by atoms with Crippen molar-refractivity contribution in [3.8, 4) is 5.75 Å². The molecular weight excluding hydrogens is 242 g/mol. The molecule has 0 aliphatic carbocycles. The number of fused-ring (bicyclic) bond motifs is 1. The summed E-state index contributed by atoms with van der Waals surface area (Å²) in [5, 5.41) is 0. The second-order valence-electron chi connectivity index (χ2n) is 5.35. The Morgan fingerprint density at radius 2 is 2.26 bits per heavy atom. The highest BCUT2D eigenvalue weighted by Crippen LogP contribution is 2.35. The summed E-state index contributed by atoms with van der Waals surface area (Å²) in [6.45, 7) is 5.29. The van der Waals surface area contributed by atoms with Crippen molar-refractivity contribution in [2.75, 3.05) is 18.1 Å². The molecule has 0 N–H and O–H groups in total. The van der Waals surface area contributed by atoms with E-state index in [1.807, 2.05) is 36.9 Å². The van der Waals surface area contributed by atoms with Crippen LogP contribution in [0.4, 0.5) is 5.69 Å². The van der Waals surface area contributed by atoms with E-state index in [0.717, 1.165) is 29.8 Å². The molecule has 0 saturated carbocycles. The maximum Gasteiger partial charge on any atom is 0.256 e. The van der Waals surface area contributed by atoms with Gasteiger partial charge in [-0.3, -0.25) is 4.79 Å². The smallest absolute Gasteiger partial charge is 0.256 e. The van der Waals surface area contributed by atoms with Crippen LogP contribution in [0.2, 0.25) is 0 Å². The Balaban J connectivity index is 1.92. The second-order valence-corrected chi connectivity index (χ2v) is 5.35. The lowest BCUT2D eigenvalue weighted by molar-refractivity contribution is -0.127. The molecule has 2 heterocycles. The molecule has 2 aliphatic heterocycles. The summed E-state index contributed by atoms with van der Waals surface area (Å²) in [4.78, 5) is 14.4. The minimum absolute atomic E-state index is 0.0136. The third-order valence-corrected chi connectivity index (χ3v) is 3.65. The first-order valence-corrected chi connectivity index (χ1v) is 6.85. The van der Waals surface area contributed by atoms with Gasteiger partial charge in [-0.2, -0.15) is 0 Å². The summed E-state index contributed by atoms with van der Waals surface area (Å²) >= 11 is 0. The normalized spacial score (nSPS) is 25.9. The first-order chi connectivity index (χ1) is 9.15. The number of nitrogens with zero attached hydrogens (tertiary/aromatic N) is 1. The molecule has 4 nitrogen and oxygen atoms in total. The maximum atomic E-state index is 12.5. The summed E-state index contributed by atoms with van der Waals surface area (Å²) in [6.07, 6.45) is 1.53. The van der Waals surface area contributed by atoms with E-state index in [4.69, 9.17) is 9.47 Å². The Kier molecular flexibility index (Phi) is 3.19. The van der Waals surface area contributed by atoms with Crippen LogP contribution in [0.1, 0.15) is 25.3 Å². The molecule has 2 aliphatic rings. The number of carbonyl (C=O) groups is 1. The molecule has 1 amide bonds. The largest absolute Gasteiger partial charge is 0.487 e. The fourth-order valence-corrected chi connectivity index (χ4v) is 2.70. The Hall–Kier alpha value is -1.55. The van der Waals surface area contributed by atoms with Crippen molar-refractivity contribution < 1.29 is 14.3 Å². The van der Waals surface area contributed by atoms with Crippen molar-refractivity contribution in [1.82, 2.24) is 0 Å². The van der Waals surface area contributed by atoms with Crippen LogP contribution in [-0.4, -0.2) is 31.3 Å². The summed E-state index contributed by atoms with van der Waals surface area (Å²) in [5.41, 5.74) is 2.00. The quantitative estimate of drug-likeness (QED) is 0.778. The van der Waals surface area contributed by atoms with Crippen LogP contribution in [0, 0.1) is 6.92 Å². The number of rotatable bonds is 1. The van der Waals surface area contributed by atoms with Crippen molar-refractivity contribution in [2.24, 2.45) is 0 Å². The van der Waals surface area contributed by atoms with Gasteiger partial charge in [0.05, 0.1) is 12.2 Å². The van der Waals surface area contributed by atoms with Gasteiger partial charge in [-0.25, -0.2) is 0 Å². The molecule has 1 fully saturated rings. The second kappa shape index (κ2) is 4.85. The van der Waals surface area contributed by atoms with Gasteiger partial charge in [0.25, 0.3) is 5.91 Å². The van der Waals surface area contributed by atoms with Gasteiger partial charge >= 0.3 is 0 Å². The van der Waals surface area contributed by atoms with Crippen LogP contribution < -0.4 is 9.64 Å². The number of carbonyl (C=O) groups excluding carboxylic acids is 1. The van der Waals surface area contributed by atoms with Gasteiger partial charge < -0.3 is 14.4 Å². The summed E-state index contributed by atoms with van der Waals surface area (Å²) in [6, 6.07) is 5.96. The molecule has 4 heteroatoms. The minimum Gasteiger partial charge on any atom is -0.487 e. The molecule has 2 atom stereocenters. The van der Waals surface area contributed by atoms with E-state index in [-0.39, 0.29) is 18.1 Å². The molecule has 19 heavy (non-hydrogen) atoms. The van der Waals surface area contributed by atoms with Crippen LogP contribution in [-0.2, 0) is 9.53 Å². The molecule has 0 bridgehead atoms. The van der Waals surface area contributed by atoms with Gasteiger partial charge in [-0.15, -0.1) is 0 Å². The SMILES string of the molecule is Cc1ccc2c(c1)O[C@H](C)CN2C(=O)[C@H]1CCCO1. The number of benzene rings is 1. The van der Waals surface area contributed by atoms with Crippen molar-refractivity contribution in [3.63, 3.8) is 0 Å². The highest BCUT2D eigenvalue weighted by Gasteiger charge is 2.34. The molecular formula is C15H19NO3.